The summed E-state index contributed by atoms with van der Waals surface area (Å²) in [7, 11) is 0. The molecule has 0 bridgehead atoms. The van der Waals surface area contributed by atoms with Crippen molar-refractivity contribution in [2.24, 2.45) is 5.73 Å². The van der Waals surface area contributed by atoms with E-state index >= 15 is 0 Å². The van der Waals surface area contributed by atoms with Crippen LogP contribution in [0.25, 0.3) is 0 Å². The van der Waals surface area contributed by atoms with E-state index in [-0.39, 0.29) is 0 Å². The first-order valence-electron chi connectivity index (χ1n) is 6.19. The summed E-state index contributed by atoms with van der Waals surface area (Å²) in [6.45, 7) is 0.805. The Labute approximate surface area is 120 Å². The zero-order valence-electron chi connectivity index (χ0n) is 10.8. The fourth-order valence-corrected chi connectivity index (χ4v) is 2.49. The molecule has 0 saturated heterocycles. The van der Waals surface area contributed by atoms with Crippen molar-refractivity contribution in [1.29, 1.82) is 0 Å². The van der Waals surface area contributed by atoms with E-state index in [0.29, 0.717) is 23.8 Å². The molecule has 0 aliphatic carbocycles. The van der Waals surface area contributed by atoms with Crippen LogP contribution >= 0.6 is 11.8 Å². The van der Waals surface area contributed by atoms with Crippen LogP contribution in [-0.2, 0) is 6.54 Å². The van der Waals surface area contributed by atoms with Crippen LogP contribution in [0.1, 0.15) is 5.56 Å². The summed E-state index contributed by atoms with van der Waals surface area (Å²) < 4.78 is 32.0. The second-order valence-electron chi connectivity index (χ2n) is 4.08. The maximum absolute atomic E-state index is 13.4. The first-order chi connectivity index (χ1) is 9.70. The van der Waals surface area contributed by atoms with Crippen molar-refractivity contribution in [3.8, 4) is 5.75 Å². The number of benzene rings is 2. The standard InChI is InChI=1S/C15H15F2NOS/c16-12-5-6-13(17)15(9-12)20-8-7-19-14-4-2-1-3-11(14)10-18/h1-6,9H,7-8,10,18H2. The molecule has 2 rings (SSSR count). The molecule has 0 atom stereocenters. The summed E-state index contributed by atoms with van der Waals surface area (Å²) in [5.74, 6) is 0.400. The third-order valence-electron chi connectivity index (χ3n) is 2.68. The van der Waals surface area contributed by atoms with Gasteiger partial charge in [-0.2, -0.15) is 0 Å². The number of nitrogens with two attached hydrogens (primary N) is 1. The summed E-state index contributed by atoms with van der Waals surface area (Å²) >= 11 is 1.22. The average molecular weight is 295 g/mol. The van der Waals surface area contributed by atoms with Gasteiger partial charge in [0.15, 0.2) is 0 Å². The highest BCUT2D eigenvalue weighted by Crippen LogP contribution is 2.23. The smallest absolute Gasteiger partial charge is 0.136 e. The van der Waals surface area contributed by atoms with Crippen molar-refractivity contribution in [3.05, 3.63) is 59.7 Å². The zero-order chi connectivity index (χ0) is 14.4. The van der Waals surface area contributed by atoms with Gasteiger partial charge in [0, 0.05) is 22.8 Å². The third kappa shape index (κ3) is 3.95. The third-order valence-corrected chi connectivity index (χ3v) is 3.68. The van der Waals surface area contributed by atoms with Crippen LogP contribution < -0.4 is 10.5 Å². The van der Waals surface area contributed by atoms with Crippen LogP contribution in [0.15, 0.2) is 47.4 Å². The highest BCUT2D eigenvalue weighted by Gasteiger charge is 2.05. The molecule has 106 valence electrons. The van der Waals surface area contributed by atoms with Crippen molar-refractivity contribution in [1.82, 2.24) is 0 Å². The van der Waals surface area contributed by atoms with Gasteiger partial charge in [-0.1, -0.05) is 18.2 Å². The van der Waals surface area contributed by atoms with E-state index in [1.165, 1.54) is 17.8 Å². The molecular weight excluding hydrogens is 280 g/mol. The molecule has 5 heteroatoms. The van der Waals surface area contributed by atoms with Gasteiger partial charge in [0.05, 0.1) is 6.61 Å². The largest absolute Gasteiger partial charge is 0.492 e. The quantitative estimate of drug-likeness (QED) is 0.653. The first-order valence-corrected chi connectivity index (χ1v) is 7.18. The molecule has 2 aromatic carbocycles. The van der Waals surface area contributed by atoms with Gasteiger partial charge in [0.25, 0.3) is 0 Å². The Balaban J connectivity index is 1.86. The summed E-state index contributed by atoms with van der Waals surface area (Å²) in [6.07, 6.45) is 0. The van der Waals surface area contributed by atoms with Crippen LogP contribution in [0.2, 0.25) is 0 Å². The van der Waals surface area contributed by atoms with Crippen LogP contribution in [0.4, 0.5) is 8.78 Å². The monoisotopic (exact) mass is 295 g/mol. The molecule has 0 aliphatic rings. The van der Waals surface area contributed by atoms with Crippen molar-refractivity contribution < 1.29 is 13.5 Å². The lowest BCUT2D eigenvalue weighted by molar-refractivity contribution is 0.340. The Hall–Kier alpha value is -1.59. The van der Waals surface area contributed by atoms with Gasteiger partial charge in [0.1, 0.15) is 17.4 Å². The lowest BCUT2D eigenvalue weighted by Crippen LogP contribution is -2.05. The van der Waals surface area contributed by atoms with Gasteiger partial charge in [-0.25, -0.2) is 8.78 Å². The Morgan fingerprint density at radius 1 is 1.10 bits per heavy atom. The van der Waals surface area contributed by atoms with Gasteiger partial charge < -0.3 is 10.5 Å². The summed E-state index contributed by atoms with van der Waals surface area (Å²) in [6, 6.07) is 10.9. The minimum atomic E-state index is -0.441. The molecule has 0 fully saturated rings. The highest BCUT2D eigenvalue weighted by molar-refractivity contribution is 7.99. The van der Waals surface area contributed by atoms with E-state index in [0.717, 1.165) is 23.4 Å². The molecule has 2 N–H and O–H groups in total. The molecule has 0 aromatic heterocycles. The molecule has 0 amide bonds. The molecule has 0 heterocycles. The second-order valence-corrected chi connectivity index (χ2v) is 5.22. The lowest BCUT2D eigenvalue weighted by atomic mass is 10.2. The van der Waals surface area contributed by atoms with Crippen molar-refractivity contribution >= 4 is 11.8 Å². The molecule has 0 saturated carbocycles. The van der Waals surface area contributed by atoms with E-state index in [9.17, 15) is 8.78 Å². The van der Waals surface area contributed by atoms with Gasteiger partial charge in [-0.3, -0.25) is 0 Å². The number of ether oxygens (including phenoxy) is 1. The van der Waals surface area contributed by atoms with E-state index < -0.39 is 11.6 Å². The maximum Gasteiger partial charge on any atom is 0.136 e. The number of halogens is 2. The van der Waals surface area contributed by atoms with Crippen LogP contribution in [0, 0.1) is 11.6 Å². The van der Waals surface area contributed by atoms with Crippen LogP contribution in [0.5, 0.6) is 5.75 Å². The SMILES string of the molecule is NCc1ccccc1OCCSc1cc(F)ccc1F. The van der Waals surface area contributed by atoms with Gasteiger partial charge in [0.2, 0.25) is 0 Å². The average Bonchev–Trinajstić information content (AvgIpc) is 2.47. The number of para-hydroxylation sites is 1. The predicted octanol–water partition coefficient (Wildman–Crippen LogP) is 3.59. The summed E-state index contributed by atoms with van der Waals surface area (Å²) in [4.78, 5) is 0.292. The lowest BCUT2D eigenvalue weighted by Gasteiger charge is -2.10. The Morgan fingerprint density at radius 3 is 2.70 bits per heavy atom. The molecule has 0 spiro atoms. The van der Waals surface area contributed by atoms with E-state index in [1.54, 1.807) is 0 Å². The number of rotatable bonds is 6. The summed E-state index contributed by atoms with van der Waals surface area (Å²) in [5, 5.41) is 0. The second kappa shape index (κ2) is 7.26. The number of hydrogen-bond donors (Lipinski definition) is 1. The van der Waals surface area contributed by atoms with E-state index in [2.05, 4.69) is 0 Å². The molecule has 0 aliphatic heterocycles. The summed E-state index contributed by atoms with van der Waals surface area (Å²) in [5.41, 5.74) is 6.53. The van der Waals surface area contributed by atoms with Crippen LogP contribution in [-0.4, -0.2) is 12.4 Å². The van der Waals surface area contributed by atoms with E-state index in [1.807, 2.05) is 24.3 Å². The highest BCUT2D eigenvalue weighted by atomic mass is 32.2. The fraction of sp³-hybridized carbons (Fsp3) is 0.200. The zero-order valence-corrected chi connectivity index (χ0v) is 11.6. The molecule has 20 heavy (non-hydrogen) atoms. The van der Waals surface area contributed by atoms with Crippen molar-refractivity contribution in [2.75, 3.05) is 12.4 Å². The Morgan fingerprint density at radius 2 is 1.90 bits per heavy atom. The van der Waals surface area contributed by atoms with Crippen molar-refractivity contribution in [3.63, 3.8) is 0 Å². The normalized spacial score (nSPS) is 10.6. The fourth-order valence-electron chi connectivity index (χ4n) is 1.70. The molecular formula is C15H15F2NOS. The molecule has 2 nitrogen and oxygen atoms in total. The number of thioether (sulfide) groups is 1. The topological polar surface area (TPSA) is 35.2 Å². The molecule has 0 radical (unpaired) electrons. The van der Waals surface area contributed by atoms with Gasteiger partial charge in [-0.05, 0) is 24.3 Å². The van der Waals surface area contributed by atoms with Crippen molar-refractivity contribution in [2.45, 2.75) is 11.4 Å². The van der Waals surface area contributed by atoms with Gasteiger partial charge in [-0.15, -0.1) is 11.8 Å². The molecule has 2 aromatic rings. The minimum Gasteiger partial charge on any atom is -0.492 e. The molecule has 0 unspecified atom stereocenters. The van der Waals surface area contributed by atoms with E-state index in [4.69, 9.17) is 10.5 Å². The Bertz CT molecular complexity index is 578. The minimum absolute atomic E-state index is 0.292. The van der Waals surface area contributed by atoms with Gasteiger partial charge >= 0.3 is 0 Å². The predicted molar refractivity (Wildman–Crippen MR) is 76.9 cm³/mol. The van der Waals surface area contributed by atoms with Crippen LogP contribution in [0.3, 0.4) is 0 Å². The first kappa shape index (κ1) is 14.8. The Kier molecular flexibility index (Phi) is 5.38. The maximum atomic E-state index is 13.4. The number of hydrogen-bond acceptors (Lipinski definition) is 3.